The molecule has 0 amide bonds. The zero-order valence-corrected chi connectivity index (χ0v) is 14.6. The third-order valence-electron chi connectivity index (χ3n) is 3.11. The van der Waals surface area contributed by atoms with Crippen molar-refractivity contribution in [2.75, 3.05) is 0 Å². The Bertz CT molecular complexity index is 790. The van der Waals surface area contributed by atoms with E-state index in [-0.39, 0.29) is 11.4 Å². The van der Waals surface area contributed by atoms with Crippen molar-refractivity contribution in [1.82, 2.24) is 4.31 Å². The molecule has 2 aromatic rings. The van der Waals surface area contributed by atoms with Gasteiger partial charge in [0.1, 0.15) is 0 Å². The van der Waals surface area contributed by atoms with Gasteiger partial charge >= 0.3 is 0 Å². The number of rotatable bonds is 5. The number of halogens is 1. The van der Waals surface area contributed by atoms with Gasteiger partial charge in [-0.2, -0.15) is 0 Å². The Kier molecular flexibility index (Phi) is 5.24. The Labute approximate surface area is 139 Å². The molecule has 2 aromatic carbocycles. The lowest BCUT2D eigenvalue weighted by atomic mass is 10.2. The molecule has 114 valence electrons. The summed E-state index contributed by atoms with van der Waals surface area (Å²) in [6.07, 6.45) is 1.36. The summed E-state index contributed by atoms with van der Waals surface area (Å²) in [5.74, 6) is 0. The normalized spacial score (nSPS) is 10.8. The van der Waals surface area contributed by atoms with Gasteiger partial charge in [-0.25, -0.2) is 8.42 Å². The molecule has 0 bridgehead atoms. The highest BCUT2D eigenvalue weighted by Gasteiger charge is 2.21. The van der Waals surface area contributed by atoms with Gasteiger partial charge in [-0.05, 0) is 36.8 Å². The standard InChI is InChI=1S/C17H16BrNO2S/c1-3-12-19(13-15-6-8-16(18)9-7-15)22(20,21)17-10-4-14(2)5-11-17/h4-12H,1,13H2,2H3. The van der Waals surface area contributed by atoms with Gasteiger partial charge in [0.05, 0.1) is 17.6 Å². The summed E-state index contributed by atoms with van der Waals surface area (Å²) in [7, 11) is -3.62. The Hall–Kier alpha value is -1.81. The lowest BCUT2D eigenvalue weighted by Gasteiger charge is -2.20. The van der Waals surface area contributed by atoms with Crippen LogP contribution in [-0.4, -0.2) is 12.7 Å². The lowest BCUT2D eigenvalue weighted by molar-refractivity contribution is 0.496. The molecule has 0 aliphatic rings. The van der Waals surface area contributed by atoms with Crippen molar-refractivity contribution in [2.45, 2.75) is 18.4 Å². The summed E-state index contributed by atoms with van der Waals surface area (Å²) in [5.41, 5.74) is 4.44. The van der Waals surface area contributed by atoms with Crippen LogP contribution < -0.4 is 0 Å². The molecule has 0 heterocycles. The smallest absolute Gasteiger partial charge is 0.261 e. The molecule has 0 aromatic heterocycles. The van der Waals surface area contributed by atoms with Crippen LogP contribution in [0.5, 0.6) is 0 Å². The summed E-state index contributed by atoms with van der Waals surface area (Å²) in [4.78, 5) is 0.252. The fourth-order valence-corrected chi connectivity index (χ4v) is 3.46. The average molecular weight is 378 g/mol. The Morgan fingerprint density at radius 2 is 1.73 bits per heavy atom. The number of aryl methyl sites for hydroxylation is 1. The van der Waals surface area contributed by atoms with Crippen molar-refractivity contribution in [3.05, 3.63) is 82.6 Å². The van der Waals surface area contributed by atoms with E-state index in [1.54, 1.807) is 24.3 Å². The first kappa shape index (κ1) is 16.6. The monoisotopic (exact) mass is 377 g/mol. The SMILES string of the molecule is C=C=CN(Cc1ccc(Br)cc1)S(=O)(=O)c1ccc(C)cc1. The molecule has 2 rings (SSSR count). The topological polar surface area (TPSA) is 37.4 Å². The summed E-state index contributed by atoms with van der Waals surface area (Å²) < 4.78 is 27.6. The molecule has 3 nitrogen and oxygen atoms in total. The van der Waals surface area contributed by atoms with E-state index in [1.165, 1.54) is 10.5 Å². The fraction of sp³-hybridized carbons (Fsp3) is 0.118. The summed E-state index contributed by atoms with van der Waals surface area (Å²) in [6, 6.07) is 14.3. The zero-order chi connectivity index (χ0) is 16.2. The molecule has 5 heteroatoms. The molecule has 0 fully saturated rings. The number of hydrogen-bond donors (Lipinski definition) is 0. The van der Waals surface area contributed by atoms with Crippen LogP contribution in [0.4, 0.5) is 0 Å². The molecule has 0 radical (unpaired) electrons. The molecule has 0 saturated heterocycles. The van der Waals surface area contributed by atoms with E-state index in [0.717, 1.165) is 15.6 Å². The van der Waals surface area contributed by atoms with Crippen molar-refractivity contribution >= 4 is 26.0 Å². The van der Waals surface area contributed by atoms with Crippen LogP contribution in [0.1, 0.15) is 11.1 Å². The van der Waals surface area contributed by atoms with Crippen LogP contribution in [0.15, 0.2) is 76.4 Å². The Morgan fingerprint density at radius 3 is 2.27 bits per heavy atom. The molecule has 0 atom stereocenters. The van der Waals surface area contributed by atoms with E-state index in [2.05, 4.69) is 28.2 Å². The van der Waals surface area contributed by atoms with Crippen molar-refractivity contribution in [3.63, 3.8) is 0 Å². The van der Waals surface area contributed by atoms with E-state index in [4.69, 9.17) is 0 Å². The van der Waals surface area contributed by atoms with Crippen molar-refractivity contribution in [1.29, 1.82) is 0 Å². The lowest BCUT2D eigenvalue weighted by Crippen LogP contribution is -2.25. The van der Waals surface area contributed by atoms with Crippen LogP contribution in [0.3, 0.4) is 0 Å². The fourth-order valence-electron chi connectivity index (χ4n) is 1.92. The number of benzene rings is 2. The minimum Gasteiger partial charge on any atom is -0.261 e. The second-order valence-electron chi connectivity index (χ2n) is 4.82. The molecular weight excluding hydrogens is 362 g/mol. The molecule has 0 spiro atoms. The van der Waals surface area contributed by atoms with Gasteiger partial charge in [0.25, 0.3) is 10.0 Å². The van der Waals surface area contributed by atoms with Gasteiger partial charge in [-0.15, -0.1) is 5.73 Å². The molecule has 0 unspecified atom stereocenters. The van der Waals surface area contributed by atoms with E-state index in [1.807, 2.05) is 31.2 Å². The van der Waals surface area contributed by atoms with Crippen molar-refractivity contribution in [2.24, 2.45) is 0 Å². The predicted octanol–water partition coefficient (Wildman–Crippen LogP) is 4.25. The predicted molar refractivity (Wildman–Crippen MR) is 91.8 cm³/mol. The Morgan fingerprint density at radius 1 is 1.14 bits per heavy atom. The first-order chi connectivity index (χ1) is 10.4. The van der Waals surface area contributed by atoms with Crippen molar-refractivity contribution < 1.29 is 8.42 Å². The number of hydrogen-bond acceptors (Lipinski definition) is 2. The molecule has 0 saturated carbocycles. The maximum Gasteiger partial charge on any atom is 0.264 e. The zero-order valence-electron chi connectivity index (χ0n) is 12.2. The van der Waals surface area contributed by atoms with E-state index >= 15 is 0 Å². The van der Waals surface area contributed by atoms with E-state index in [0.29, 0.717) is 0 Å². The minimum atomic E-state index is -3.62. The Balaban J connectivity index is 2.36. The third kappa shape index (κ3) is 3.89. The summed E-state index contributed by atoms with van der Waals surface area (Å²) >= 11 is 3.36. The number of sulfonamides is 1. The van der Waals surface area contributed by atoms with Crippen LogP contribution in [0.2, 0.25) is 0 Å². The van der Waals surface area contributed by atoms with Crippen molar-refractivity contribution in [3.8, 4) is 0 Å². The maximum absolute atomic E-state index is 12.7. The highest BCUT2D eigenvalue weighted by molar-refractivity contribution is 9.10. The van der Waals surface area contributed by atoms with Gasteiger partial charge in [0, 0.05) is 4.47 Å². The van der Waals surface area contributed by atoms with Crippen LogP contribution >= 0.6 is 15.9 Å². The van der Waals surface area contributed by atoms with Gasteiger partial charge < -0.3 is 0 Å². The van der Waals surface area contributed by atoms with E-state index < -0.39 is 10.0 Å². The molecule has 0 N–H and O–H groups in total. The molecular formula is C17H16BrNO2S. The maximum atomic E-state index is 12.7. The van der Waals surface area contributed by atoms with Gasteiger partial charge in [-0.1, -0.05) is 52.3 Å². The second kappa shape index (κ2) is 6.97. The van der Waals surface area contributed by atoms with E-state index in [9.17, 15) is 8.42 Å². The van der Waals surface area contributed by atoms with Gasteiger partial charge in [-0.3, -0.25) is 4.31 Å². The van der Waals surface area contributed by atoms with Crippen LogP contribution in [0.25, 0.3) is 0 Å². The molecule has 0 aliphatic carbocycles. The minimum absolute atomic E-state index is 0.228. The quantitative estimate of drug-likeness (QED) is 0.730. The average Bonchev–Trinajstić information content (AvgIpc) is 2.49. The van der Waals surface area contributed by atoms with Crippen LogP contribution in [-0.2, 0) is 16.6 Å². The second-order valence-corrected chi connectivity index (χ2v) is 7.63. The summed E-state index contributed by atoms with van der Waals surface area (Å²) in [6.45, 7) is 5.63. The first-order valence-corrected chi connectivity index (χ1v) is 8.86. The molecule has 0 aliphatic heterocycles. The number of nitrogens with zero attached hydrogens (tertiary/aromatic N) is 1. The largest absolute Gasteiger partial charge is 0.264 e. The van der Waals surface area contributed by atoms with Crippen LogP contribution in [0, 0.1) is 6.92 Å². The summed E-state index contributed by atoms with van der Waals surface area (Å²) in [5, 5.41) is 0. The highest BCUT2D eigenvalue weighted by atomic mass is 79.9. The third-order valence-corrected chi connectivity index (χ3v) is 5.36. The molecule has 22 heavy (non-hydrogen) atoms. The highest BCUT2D eigenvalue weighted by Crippen LogP contribution is 2.20. The first-order valence-electron chi connectivity index (χ1n) is 6.62. The van der Waals surface area contributed by atoms with Gasteiger partial charge in [0.2, 0.25) is 0 Å². The van der Waals surface area contributed by atoms with Gasteiger partial charge in [0.15, 0.2) is 0 Å².